The zero-order valence-electron chi connectivity index (χ0n) is 11.1. The summed E-state index contributed by atoms with van der Waals surface area (Å²) in [7, 11) is 0. The van der Waals surface area contributed by atoms with Crippen molar-refractivity contribution in [1.29, 1.82) is 0 Å². The summed E-state index contributed by atoms with van der Waals surface area (Å²) in [6.07, 6.45) is 4.10. The summed E-state index contributed by atoms with van der Waals surface area (Å²) in [6.45, 7) is 4.16. The van der Waals surface area contributed by atoms with Gasteiger partial charge in [0.25, 0.3) is 0 Å². The molecule has 0 spiro atoms. The van der Waals surface area contributed by atoms with Gasteiger partial charge in [0.2, 0.25) is 0 Å². The number of rotatable bonds is 5. The Bertz CT molecular complexity index is 379. The summed E-state index contributed by atoms with van der Waals surface area (Å²) in [4.78, 5) is 0. The van der Waals surface area contributed by atoms with E-state index in [0.29, 0.717) is 6.04 Å². The summed E-state index contributed by atoms with van der Waals surface area (Å²) in [6, 6.07) is 6.76. The van der Waals surface area contributed by atoms with E-state index in [1.165, 1.54) is 11.1 Å². The van der Waals surface area contributed by atoms with Crippen LogP contribution >= 0.6 is 0 Å². The maximum atomic E-state index is 8.79. The lowest BCUT2D eigenvalue weighted by atomic mass is 9.99. The number of aliphatic hydroxyl groups excluding tert-OH is 1. The van der Waals surface area contributed by atoms with Crippen LogP contribution in [0.1, 0.15) is 42.9 Å². The number of unbranched alkanes of at least 4 members (excludes halogenated alkanes) is 1. The summed E-state index contributed by atoms with van der Waals surface area (Å²) < 4.78 is 5.86. The van der Waals surface area contributed by atoms with Crippen LogP contribution in [-0.2, 0) is 0 Å². The monoisotopic (exact) mass is 249 g/mol. The molecule has 0 amide bonds. The highest BCUT2D eigenvalue weighted by atomic mass is 16.5. The number of para-hydroxylation sites is 1. The Labute approximate surface area is 109 Å². The smallest absolute Gasteiger partial charge is 0.126 e. The molecule has 0 saturated carbocycles. The first-order valence-corrected chi connectivity index (χ1v) is 6.89. The molecular formula is C15H23NO2. The fraction of sp³-hybridized carbons (Fsp3) is 0.600. The van der Waals surface area contributed by atoms with Gasteiger partial charge in [0, 0.05) is 18.2 Å². The molecular weight excluding hydrogens is 226 g/mol. The minimum atomic E-state index is 0.283. The van der Waals surface area contributed by atoms with Crippen LogP contribution in [0, 0.1) is 6.92 Å². The normalized spacial score (nSPS) is 18.9. The van der Waals surface area contributed by atoms with Crippen LogP contribution < -0.4 is 10.1 Å². The predicted molar refractivity (Wildman–Crippen MR) is 73.0 cm³/mol. The second-order valence-electron chi connectivity index (χ2n) is 4.92. The van der Waals surface area contributed by atoms with Crippen LogP contribution in [0.15, 0.2) is 18.2 Å². The third kappa shape index (κ3) is 3.24. The summed E-state index contributed by atoms with van der Waals surface area (Å²) >= 11 is 0. The van der Waals surface area contributed by atoms with Gasteiger partial charge in [-0.1, -0.05) is 18.2 Å². The highest BCUT2D eigenvalue weighted by molar-refractivity contribution is 5.43. The quantitative estimate of drug-likeness (QED) is 0.788. The molecule has 0 saturated heterocycles. The molecule has 0 radical (unpaired) electrons. The SMILES string of the molecule is Cc1cccc2c1OCCCC2NCCCCO. The van der Waals surface area contributed by atoms with Crippen molar-refractivity contribution in [3.63, 3.8) is 0 Å². The van der Waals surface area contributed by atoms with E-state index in [1.54, 1.807) is 0 Å². The lowest BCUT2D eigenvalue weighted by Crippen LogP contribution is -2.22. The van der Waals surface area contributed by atoms with E-state index in [1.807, 2.05) is 0 Å². The van der Waals surface area contributed by atoms with Gasteiger partial charge >= 0.3 is 0 Å². The van der Waals surface area contributed by atoms with Crippen LogP contribution in [0.5, 0.6) is 5.75 Å². The molecule has 2 rings (SSSR count). The van der Waals surface area contributed by atoms with E-state index >= 15 is 0 Å². The van der Waals surface area contributed by atoms with Crippen LogP contribution in [0.3, 0.4) is 0 Å². The first kappa shape index (κ1) is 13.4. The molecule has 3 nitrogen and oxygen atoms in total. The Balaban J connectivity index is 2.05. The lowest BCUT2D eigenvalue weighted by molar-refractivity contribution is 0.282. The van der Waals surface area contributed by atoms with Crippen molar-refractivity contribution >= 4 is 0 Å². The second kappa shape index (κ2) is 6.76. The van der Waals surface area contributed by atoms with Crippen LogP contribution in [0.4, 0.5) is 0 Å². The number of benzene rings is 1. The highest BCUT2D eigenvalue weighted by Crippen LogP contribution is 2.33. The van der Waals surface area contributed by atoms with Crippen LogP contribution in [0.25, 0.3) is 0 Å². The molecule has 1 heterocycles. The van der Waals surface area contributed by atoms with Crippen molar-refractivity contribution in [2.45, 2.75) is 38.6 Å². The Hall–Kier alpha value is -1.06. The number of fused-ring (bicyclic) bond motifs is 1. The molecule has 1 aliphatic heterocycles. The average Bonchev–Trinajstić information content (AvgIpc) is 2.58. The largest absolute Gasteiger partial charge is 0.493 e. The molecule has 0 fully saturated rings. The van der Waals surface area contributed by atoms with E-state index in [0.717, 1.165) is 44.6 Å². The fourth-order valence-corrected chi connectivity index (χ4v) is 2.49. The number of aliphatic hydroxyl groups is 1. The number of hydrogen-bond acceptors (Lipinski definition) is 3. The van der Waals surface area contributed by atoms with Crippen molar-refractivity contribution in [3.8, 4) is 5.75 Å². The van der Waals surface area contributed by atoms with Crippen molar-refractivity contribution in [1.82, 2.24) is 5.32 Å². The number of nitrogens with one attached hydrogen (secondary N) is 1. The molecule has 1 aromatic carbocycles. The average molecular weight is 249 g/mol. The molecule has 100 valence electrons. The topological polar surface area (TPSA) is 41.5 Å². The van der Waals surface area contributed by atoms with Crippen molar-refractivity contribution < 1.29 is 9.84 Å². The molecule has 18 heavy (non-hydrogen) atoms. The van der Waals surface area contributed by atoms with Gasteiger partial charge in [0.15, 0.2) is 0 Å². The van der Waals surface area contributed by atoms with E-state index in [2.05, 4.69) is 30.4 Å². The summed E-state index contributed by atoms with van der Waals surface area (Å²) in [5.74, 6) is 1.06. The Morgan fingerprint density at radius 2 is 2.28 bits per heavy atom. The number of ether oxygens (including phenoxy) is 1. The van der Waals surface area contributed by atoms with Gasteiger partial charge in [-0.2, -0.15) is 0 Å². The maximum absolute atomic E-state index is 8.79. The third-order valence-corrected chi connectivity index (χ3v) is 3.48. The zero-order chi connectivity index (χ0) is 12.8. The molecule has 0 bridgehead atoms. The van der Waals surface area contributed by atoms with Gasteiger partial charge in [-0.05, 0) is 44.7 Å². The number of aryl methyl sites for hydroxylation is 1. The van der Waals surface area contributed by atoms with Crippen LogP contribution in [-0.4, -0.2) is 24.9 Å². The van der Waals surface area contributed by atoms with Crippen LogP contribution in [0.2, 0.25) is 0 Å². The first-order chi connectivity index (χ1) is 8.83. The van der Waals surface area contributed by atoms with Crippen molar-refractivity contribution in [2.24, 2.45) is 0 Å². The van der Waals surface area contributed by atoms with Gasteiger partial charge in [0.1, 0.15) is 5.75 Å². The lowest BCUT2D eigenvalue weighted by Gasteiger charge is -2.19. The van der Waals surface area contributed by atoms with Crippen molar-refractivity contribution in [2.75, 3.05) is 19.8 Å². The Morgan fingerprint density at radius 1 is 1.39 bits per heavy atom. The zero-order valence-corrected chi connectivity index (χ0v) is 11.1. The Morgan fingerprint density at radius 3 is 3.11 bits per heavy atom. The van der Waals surface area contributed by atoms with E-state index in [4.69, 9.17) is 9.84 Å². The minimum Gasteiger partial charge on any atom is -0.493 e. The third-order valence-electron chi connectivity index (χ3n) is 3.48. The van der Waals surface area contributed by atoms with Gasteiger partial charge in [-0.3, -0.25) is 0 Å². The maximum Gasteiger partial charge on any atom is 0.126 e. The van der Waals surface area contributed by atoms with Gasteiger partial charge in [0.05, 0.1) is 6.61 Å². The van der Waals surface area contributed by atoms with Gasteiger partial charge < -0.3 is 15.2 Å². The molecule has 0 aromatic heterocycles. The van der Waals surface area contributed by atoms with Crippen molar-refractivity contribution in [3.05, 3.63) is 29.3 Å². The van der Waals surface area contributed by atoms with Gasteiger partial charge in [-0.15, -0.1) is 0 Å². The highest BCUT2D eigenvalue weighted by Gasteiger charge is 2.20. The molecule has 0 aliphatic carbocycles. The van der Waals surface area contributed by atoms with E-state index < -0.39 is 0 Å². The predicted octanol–water partition coefficient (Wildman–Crippen LogP) is 2.57. The summed E-state index contributed by atoms with van der Waals surface area (Å²) in [5.41, 5.74) is 2.51. The number of hydrogen-bond donors (Lipinski definition) is 2. The summed E-state index contributed by atoms with van der Waals surface area (Å²) in [5, 5.41) is 12.4. The molecule has 1 unspecified atom stereocenters. The molecule has 1 aliphatic rings. The minimum absolute atomic E-state index is 0.283. The molecule has 2 N–H and O–H groups in total. The van der Waals surface area contributed by atoms with E-state index in [9.17, 15) is 0 Å². The molecule has 1 aromatic rings. The first-order valence-electron chi connectivity index (χ1n) is 6.89. The molecule has 1 atom stereocenters. The standard InChI is InChI=1S/C15H23NO2/c1-12-6-4-7-13-14(16-9-2-3-10-17)8-5-11-18-15(12)13/h4,6-7,14,16-17H,2-3,5,8-11H2,1H3. The fourth-order valence-electron chi connectivity index (χ4n) is 2.49. The van der Waals surface area contributed by atoms with E-state index in [-0.39, 0.29) is 6.61 Å². The van der Waals surface area contributed by atoms with Gasteiger partial charge in [-0.25, -0.2) is 0 Å². The molecule has 3 heteroatoms. The second-order valence-corrected chi connectivity index (χ2v) is 4.92. The Kier molecular flexibility index (Phi) is 5.02.